The Hall–Kier alpha value is -2.91. The molecule has 1 N–H and O–H groups in total. The van der Waals surface area contributed by atoms with E-state index < -0.39 is 28.5 Å². The fourth-order valence-corrected chi connectivity index (χ4v) is 3.87. The Morgan fingerprint density at radius 3 is 2.06 bits per heavy atom. The molecule has 2 aromatic rings. The van der Waals surface area contributed by atoms with Gasteiger partial charge in [0.05, 0.1) is 10.5 Å². The number of hydrogen-bond donors (Lipinski definition) is 1. The van der Waals surface area contributed by atoms with E-state index in [9.17, 15) is 18.0 Å². The number of amides is 1. The Morgan fingerprint density at radius 1 is 1.00 bits per heavy atom. The molecule has 0 fully saturated rings. The first-order chi connectivity index (χ1) is 14.6. The van der Waals surface area contributed by atoms with E-state index in [0.29, 0.717) is 11.7 Å². The monoisotopic (exact) mass is 447 g/mol. The van der Waals surface area contributed by atoms with E-state index in [1.165, 1.54) is 38.4 Å². The average Bonchev–Trinajstić information content (AvgIpc) is 2.73. The zero-order valence-electron chi connectivity index (χ0n) is 18.5. The molecular formula is C22H29N3O5S. The molecule has 168 valence electrons. The zero-order chi connectivity index (χ0) is 23.2. The minimum atomic E-state index is -3.58. The molecule has 0 heterocycles. The van der Waals surface area contributed by atoms with Crippen molar-refractivity contribution in [2.24, 2.45) is 0 Å². The van der Waals surface area contributed by atoms with Crippen molar-refractivity contribution in [2.75, 3.05) is 37.5 Å². The number of anilines is 2. The fourth-order valence-electron chi connectivity index (χ4n) is 2.97. The van der Waals surface area contributed by atoms with Crippen LogP contribution in [0.3, 0.4) is 0 Å². The number of carbonyl (C=O) groups excluding carboxylic acids is 2. The second-order valence-electron chi connectivity index (χ2n) is 7.36. The van der Waals surface area contributed by atoms with E-state index in [-0.39, 0.29) is 10.5 Å². The van der Waals surface area contributed by atoms with Crippen molar-refractivity contribution in [1.82, 2.24) is 4.31 Å². The molecule has 0 radical (unpaired) electrons. The maximum Gasteiger partial charge on any atom is 0.338 e. The van der Waals surface area contributed by atoms with Crippen molar-refractivity contribution in [2.45, 2.75) is 31.7 Å². The Morgan fingerprint density at radius 2 is 1.58 bits per heavy atom. The van der Waals surface area contributed by atoms with Crippen LogP contribution in [0.2, 0.25) is 0 Å². The quantitative estimate of drug-likeness (QED) is 0.594. The van der Waals surface area contributed by atoms with Gasteiger partial charge in [0.25, 0.3) is 5.91 Å². The molecule has 0 aromatic heterocycles. The van der Waals surface area contributed by atoms with E-state index in [1.54, 1.807) is 12.1 Å². The summed E-state index contributed by atoms with van der Waals surface area (Å²) in [6, 6.07) is 13.2. The second kappa shape index (κ2) is 10.4. The van der Waals surface area contributed by atoms with Gasteiger partial charge in [0.15, 0.2) is 6.61 Å². The molecule has 2 rings (SSSR count). The minimum Gasteiger partial charge on any atom is -0.452 e. The smallest absolute Gasteiger partial charge is 0.338 e. The van der Waals surface area contributed by atoms with Gasteiger partial charge < -0.3 is 15.0 Å². The Labute approximate surface area is 183 Å². The van der Waals surface area contributed by atoms with Gasteiger partial charge in [-0.25, -0.2) is 17.5 Å². The van der Waals surface area contributed by atoms with Crippen LogP contribution in [0.4, 0.5) is 11.4 Å². The summed E-state index contributed by atoms with van der Waals surface area (Å²) >= 11 is 0. The number of esters is 1. The number of hydrogen-bond acceptors (Lipinski definition) is 6. The van der Waals surface area contributed by atoms with Crippen LogP contribution in [-0.4, -0.2) is 57.9 Å². The van der Waals surface area contributed by atoms with Gasteiger partial charge >= 0.3 is 5.97 Å². The van der Waals surface area contributed by atoms with Gasteiger partial charge in [-0.1, -0.05) is 0 Å². The molecule has 8 nitrogen and oxygen atoms in total. The minimum absolute atomic E-state index is 0.0642. The molecule has 0 aliphatic heterocycles. The van der Waals surface area contributed by atoms with E-state index in [2.05, 4.69) is 31.0 Å². The average molecular weight is 448 g/mol. The number of benzene rings is 2. The Bertz CT molecular complexity index is 1000. The van der Waals surface area contributed by atoms with E-state index in [1.807, 2.05) is 12.1 Å². The number of nitrogens with one attached hydrogen (secondary N) is 1. The molecule has 0 bridgehead atoms. The number of ether oxygens (including phenoxy) is 1. The van der Waals surface area contributed by atoms with Crippen LogP contribution in [-0.2, 0) is 19.6 Å². The van der Waals surface area contributed by atoms with Gasteiger partial charge in [-0.2, -0.15) is 0 Å². The van der Waals surface area contributed by atoms with Crippen molar-refractivity contribution in [3.8, 4) is 0 Å². The topological polar surface area (TPSA) is 96.0 Å². The normalized spacial score (nSPS) is 11.5. The molecule has 0 saturated carbocycles. The van der Waals surface area contributed by atoms with E-state index in [0.717, 1.165) is 16.5 Å². The van der Waals surface area contributed by atoms with Crippen LogP contribution < -0.4 is 10.2 Å². The molecule has 1 amide bonds. The third-order valence-electron chi connectivity index (χ3n) is 4.65. The standard InChI is InChI=1S/C22H29N3O5S/c1-6-25(16(2)3)19-11-9-18(10-12-19)23-21(26)15-30-22(27)17-7-13-20(14-8-17)31(28,29)24(4)5/h7-14,16H,6,15H2,1-5H3,(H,23,26). The van der Waals surface area contributed by atoms with Crippen molar-refractivity contribution in [3.63, 3.8) is 0 Å². The van der Waals surface area contributed by atoms with Crippen LogP contribution in [0.25, 0.3) is 0 Å². The molecule has 0 aliphatic carbocycles. The summed E-state index contributed by atoms with van der Waals surface area (Å²) in [5.74, 6) is -1.18. The number of carbonyl (C=O) groups is 2. The Kier molecular flexibility index (Phi) is 8.18. The first-order valence-electron chi connectivity index (χ1n) is 9.92. The third-order valence-corrected chi connectivity index (χ3v) is 6.48. The van der Waals surface area contributed by atoms with Crippen molar-refractivity contribution < 1.29 is 22.7 Å². The molecule has 0 atom stereocenters. The first kappa shape index (κ1) is 24.4. The highest BCUT2D eigenvalue weighted by atomic mass is 32.2. The molecular weight excluding hydrogens is 418 g/mol. The highest BCUT2D eigenvalue weighted by Crippen LogP contribution is 2.20. The lowest BCUT2D eigenvalue weighted by Crippen LogP contribution is -2.30. The molecule has 0 aliphatic rings. The van der Waals surface area contributed by atoms with Crippen LogP contribution in [0, 0.1) is 0 Å². The predicted octanol–water partition coefficient (Wildman–Crippen LogP) is 2.97. The van der Waals surface area contributed by atoms with Gasteiger partial charge in [-0.05, 0) is 69.3 Å². The number of sulfonamides is 1. The lowest BCUT2D eigenvalue weighted by atomic mass is 10.2. The SMILES string of the molecule is CCN(c1ccc(NC(=O)COC(=O)c2ccc(S(=O)(=O)N(C)C)cc2)cc1)C(C)C. The maximum absolute atomic E-state index is 12.1. The van der Waals surface area contributed by atoms with Gasteiger partial charge in [-0.3, -0.25) is 4.79 Å². The molecule has 0 saturated heterocycles. The number of rotatable bonds is 9. The molecule has 2 aromatic carbocycles. The number of nitrogens with zero attached hydrogens (tertiary/aromatic N) is 2. The molecule has 31 heavy (non-hydrogen) atoms. The summed E-state index contributed by atoms with van der Waals surface area (Å²) in [6.45, 7) is 6.73. The van der Waals surface area contributed by atoms with Gasteiger partial charge in [0.2, 0.25) is 10.0 Å². The molecule has 0 unspecified atom stereocenters. The summed E-state index contributed by atoms with van der Waals surface area (Å²) in [7, 11) is -0.732. The highest BCUT2D eigenvalue weighted by Gasteiger charge is 2.18. The van der Waals surface area contributed by atoms with Crippen LogP contribution in [0.5, 0.6) is 0 Å². The third kappa shape index (κ3) is 6.28. The van der Waals surface area contributed by atoms with Crippen LogP contribution in [0.1, 0.15) is 31.1 Å². The molecule has 9 heteroatoms. The fraction of sp³-hybridized carbons (Fsp3) is 0.364. The van der Waals surface area contributed by atoms with E-state index in [4.69, 9.17) is 4.74 Å². The molecule has 0 spiro atoms. The highest BCUT2D eigenvalue weighted by molar-refractivity contribution is 7.89. The summed E-state index contributed by atoms with van der Waals surface area (Å²) < 4.78 is 30.2. The van der Waals surface area contributed by atoms with Crippen LogP contribution in [0.15, 0.2) is 53.4 Å². The summed E-state index contributed by atoms with van der Waals surface area (Å²) in [5.41, 5.74) is 1.81. The van der Waals surface area contributed by atoms with Crippen LogP contribution >= 0.6 is 0 Å². The summed E-state index contributed by atoms with van der Waals surface area (Å²) in [6.07, 6.45) is 0. The maximum atomic E-state index is 12.1. The van der Waals surface area contributed by atoms with Gasteiger partial charge in [0, 0.05) is 38.1 Å². The van der Waals surface area contributed by atoms with Gasteiger partial charge in [0.1, 0.15) is 0 Å². The predicted molar refractivity (Wildman–Crippen MR) is 121 cm³/mol. The lowest BCUT2D eigenvalue weighted by Gasteiger charge is -2.27. The largest absolute Gasteiger partial charge is 0.452 e. The zero-order valence-corrected chi connectivity index (χ0v) is 19.3. The van der Waals surface area contributed by atoms with Gasteiger partial charge in [-0.15, -0.1) is 0 Å². The first-order valence-corrected chi connectivity index (χ1v) is 11.4. The summed E-state index contributed by atoms with van der Waals surface area (Å²) in [4.78, 5) is 26.5. The lowest BCUT2D eigenvalue weighted by molar-refractivity contribution is -0.119. The summed E-state index contributed by atoms with van der Waals surface area (Å²) in [5, 5.41) is 2.68. The van der Waals surface area contributed by atoms with Crippen molar-refractivity contribution >= 4 is 33.3 Å². The Balaban J connectivity index is 1.92. The van der Waals surface area contributed by atoms with Crippen molar-refractivity contribution in [1.29, 1.82) is 0 Å². The van der Waals surface area contributed by atoms with E-state index >= 15 is 0 Å². The second-order valence-corrected chi connectivity index (χ2v) is 9.51. The van der Waals surface area contributed by atoms with Crippen molar-refractivity contribution in [3.05, 3.63) is 54.1 Å².